The van der Waals surface area contributed by atoms with Crippen LogP contribution in [0.4, 0.5) is 17.2 Å². The van der Waals surface area contributed by atoms with E-state index < -0.39 is 10.0 Å². The normalized spacial score (nSPS) is 11.0. The van der Waals surface area contributed by atoms with Crippen LogP contribution < -0.4 is 20.5 Å². The predicted molar refractivity (Wildman–Crippen MR) is 102 cm³/mol. The molecule has 0 atom stereocenters. The molecule has 0 aliphatic carbocycles. The number of ether oxygens (including phenoxy) is 1. The van der Waals surface area contributed by atoms with Gasteiger partial charge in [-0.1, -0.05) is 24.3 Å². The fourth-order valence-corrected chi connectivity index (χ4v) is 3.43. The Kier molecular flexibility index (Phi) is 4.94. The number of pyridine rings is 1. The number of nitrogens with zero attached hydrogens (tertiary/aromatic N) is 1. The topological polar surface area (TPSA) is 106 Å². The Hall–Kier alpha value is -3.26. The molecule has 26 heavy (non-hydrogen) atoms. The van der Waals surface area contributed by atoms with Crippen LogP contribution in [0.5, 0.6) is 11.5 Å². The average molecular weight is 370 g/mol. The summed E-state index contributed by atoms with van der Waals surface area (Å²) in [7, 11) is -1.96. The Labute approximate surface area is 151 Å². The quantitative estimate of drug-likeness (QED) is 0.615. The summed E-state index contributed by atoms with van der Waals surface area (Å²) in [5.74, 6) is 1.26. The first kappa shape index (κ1) is 17.6. The van der Waals surface area contributed by atoms with Crippen molar-refractivity contribution in [2.24, 2.45) is 0 Å². The van der Waals surface area contributed by atoms with Gasteiger partial charge in [0.15, 0.2) is 11.6 Å². The molecule has 0 bridgehead atoms. The van der Waals surface area contributed by atoms with E-state index in [4.69, 9.17) is 10.5 Å². The molecule has 3 aromatic rings. The lowest BCUT2D eigenvalue weighted by Crippen LogP contribution is -2.12. The molecular weight excluding hydrogens is 352 g/mol. The number of benzene rings is 2. The maximum absolute atomic E-state index is 12.4. The van der Waals surface area contributed by atoms with Crippen LogP contribution in [0.3, 0.4) is 0 Å². The number of nitrogen functional groups attached to an aromatic ring is 1. The molecule has 8 heteroatoms. The second kappa shape index (κ2) is 7.32. The number of hydrogen-bond donors (Lipinski definition) is 3. The van der Waals surface area contributed by atoms with Gasteiger partial charge in [0.2, 0.25) is 0 Å². The molecule has 7 nitrogen and oxygen atoms in total. The lowest BCUT2D eigenvalue weighted by molar-refractivity contribution is 0.484. The molecule has 0 saturated carbocycles. The van der Waals surface area contributed by atoms with Gasteiger partial charge in [-0.25, -0.2) is 13.4 Å². The average Bonchev–Trinajstić information content (AvgIpc) is 2.63. The summed E-state index contributed by atoms with van der Waals surface area (Å²) >= 11 is 0. The molecule has 134 valence electrons. The molecule has 0 radical (unpaired) electrons. The molecule has 0 amide bonds. The number of sulfonamides is 1. The summed E-state index contributed by atoms with van der Waals surface area (Å²) in [6.07, 6.45) is 1.54. The molecule has 0 aliphatic heterocycles. The Bertz CT molecular complexity index is 1010. The van der Waals surface area contributed by atoms with Crippen molar-refractivity contribution < 1.29 is 13.2 Å². The molecule has 3 rings (SSSR count). The number of rotatable bonds is 6. The zero-order valence-corrected chi connectivity index (χ0v) is 14.8. The second-order valence-electron chi connectivity index (χ2n) is 5.37. The van der Waals surface area contributed by atoms with Crippen LogP contribution in [0, 0.1) is 0 Å². The first-order valence-electron chi connectivity index (χ1n) is 7.77. The van der Waals surface area contributed by atoms with Crippen molar-refractivity contribution in [2.45, 2.75) is 4.90 Å². The SMILES string of the molecule is CNc1c(Oc2cccc(NS(=O)(=O)c3ccccc3)c2)ccnc1N. The summed E-state index contributed by atoms with van der Waals surface area (Å²) in [6, 6.07) is 16.5. The van der Waals surface area contributed by atoms with Crippen molar-refractivity contribution in [2.75, 3.05) is 22.8 Å². The fourth-order valence-electron chi connectivity index (χ4n) is 2.36. The summed E-state index contributed by atoms with van der Waals surface area (Å²) in [6.45, 7) is 0. The van der Waals surface area contributed by atoms with Crippen LogP contribution in [-0.4, -0.2) is 20.4 Å². The molecule has 0 aliphatic rings. The van der Waals surface area contributed by atoms with Crippen LogP contribution in [0.1, 0.15) is 0 Å². The number of anilines is 3. The Morgan fingerprint density at radius 3 is 2.54 bits per heavy atom. The van der Waals surface area contributed by atoms with Crippen molar-refractivity contribution in [3.05, 3.63) is 66.9 Å². The van der Waals surface area contributed by atoms with Gasteiger partial charge >= 0.3 is 0 Å². The standard InChI is InChI=1S/C18H18N4O3S/c1-20-17-16(10-11-21-18(17)19)25-14-7-5-6-13(12-14)22-26(23,24)15-8-3-2-4-9-15/h2-12,20,22H,1H3,(H2,19,21). The first-order valence-corrected chi connectivity index (χ1v) is 9.26. The summed E-state index contributed by atoms with van der Waals surface area (Å²) in [5.41, 5.74) is 6.76. The highest BCUT2D eigenvalue weighted by molar-refractivity contribution is 7.92. The van der Waals surface area contributed by atoms with Crippen LogP contribution >= 0.6 is 0 Å². The highest BCUT2D eigenvalue weighted by Gasteiger charge is 2.14. The van der Waals surface area contributed by atoms with Crippen molar-refractivity contribution in [3.8, 4) is 11.5 Å². The van der Waals surface area contributed by atoms with Crippen LogP contribution in [0.2, 0.25) is 0 Å². The summed E-state index contributed by atoms with van der Waals surface area (Å²) < 4.78 is 33.2. The zero-order chi connectivity index (χ0) is 18.6. The van der Waals surface area contributed by atoms with E-state index in [-0.39, 0.29) is 4.90 Å². The van der Waals surface area contributed by atoms with E-state index in [0.29, 0.717) is 28.7 Å². The van der Waals surface area contributed by atoms with Gasteiger partial charge in [-0.2, -0.15) is 0 Å². The second-order valence-corrected chi connectivity index (χ2v) is 7.05. The summed E-state index contributed by atoms with van der Waals surface area (Å²) in [5, 5.41) is 2.93. The highest BCUT2D eigenvalue weighted by atomic mass is 32.2. The van der Waals surface area contributed by atoms with Crippen LogP contribution in [-0.2, 0) is 10.0 Å². The van der Waals surface area contributed by atoms with E-state index in [1.54, 1.807) is 55.6 Å². The van der Waals surface area contributed by atoms with Gasteiger partial charge in [-0.3, -0.25) is 4.72 Å². The van der Waals surface area contributed by atoms with Gasteiger partial charge in [0, 0.05) is 25.4 Å². The van der Waals surface area contributed by atoms with E-state index in [0.717, 1.165) is 0 Å². The number of nitrogens with one attached hydrogen (secondary N) is 2. The van der Waals surface area contributed by atoms with Gasteiger partial charge in [0.25, 0.3) is 10.0 Å². The smallest absolute Gasteiger partial charge is 0.261 e. The molecule has 1 heterocycles. The van der Waals surface area contributed by atoms with Crippen molar-refractivity contribution >= 4 is 27.2 Å². The Morgan fingerprint density at radius 2 is 1.81 bits per heavy atom. The van der Waals surface area contributed by atoms with Crippen LogP contribution in [0.25, 0.3) is 0 Å². The highest BCUT2D eigenvalue weighted by Crippen LogP contribution is 2.33. The molecule has 0 saturated heterocycles. The molecular formula is C18H18N4O3S. The third-order valence-electron chi connectivity index (χ3n) is 3.56. The van der Waals surface area contributed by atoms with Crippen molar-refractivity contribution in [3.63, 3.8) is 0 Å². The molecule has 4 N–H and O–H groups in total. The number of hydrogen-bond acceptors (Lipinski definition) is 6. The minimum absolute atomic E-state index is 0.186. The van der Waals surface area contributed by atoms with Crippen LogP contribution in [0.15, 0.2) is 71.8 Å². The predicted octanol–water partition coefficient (Wildman–Crippen LogP) is 3.30. The lowest BCUT2D eigenvalue weighted by atomic mass is 10.3. The third kappa shape index (κ3) is 3.86. The maximum Gasteiger partial charge on any atom is 0.261 e. The monoisotopic (exact) mass is 370 g/mol. The van der Waals surface area contributed by atoms with E-state index in [9.17, 15) is 8.42 Å². The number of aromatic nitrogens is 1. The van der Waals surface area contributed by atoms with Gasteiger partial charge in [-0.15, -0.1) is 0 Å². The van der Waals surface area contributed by atoms with E-state index in [1.165, 1.54) is 18.3 Å². The van der Waals surface area contributed by atoms with Gasteiger partial charge < -0.3 is 15.8 Å². The molecule has 2 aromatic carbocycles. The maximum atomic E-state index is 12.4. The zero-order valence-electron chi connectivity index (χ0n) is 14.0. The number of nitrogens with two attached hydrogens (primary N) is 1. The molecule has 0 fully saturated rings. The molecule has 1 aromatic heterocycles. The van der Waals surface area contributed by atoms with Crippen molar-refractivity contribution in [1.29, 1.82) is 0 Å². The first-order chi connectivity index (χ1) is 12.5. The Morgan fingerprint density at radius 1 is 1.04 bits per heavy atom. The van der Waals surface area contributed by atoms with Gasteiger partial charge in [0.05, 0.1) is 10.6 Å². The van der Waals surface area contributed by atoms with E-state index in [1.807, 2.05) is 0 Å². The minimum atomic E-state index is -3.67. The van der Waals surface area contributed by atoms with E-state index in [2.05, 4.69) is 15.0 Å². The van der Waals surface area contributed by atoms with Gasteiger partial charge in [0.1, 0.15) is 11.4 Å². The largest absolute Gasteiger partial charge is 0.455 e. The fraction of sp³-hybridized carbons (Fsp3) is 0.0556. The molecule has 0 unspecified atom stereocenters. The third-order valence-corrected chi connectivity index (χ3v) is 4.96. The van der Waals surface area contributed by atoms with Crippen molar-refractivity contribution in [1.82, 2.24) is 4.98 Å². The Balaban J connectivity index is 1.85. The van der Waals surface area contributed by atoms with E-state index >= 15 is 0 Å². The summed E-state index contributed by atoms with van der Waals surface area (Å²) in [4.78, 5) is 4.18. The minimum Gasteiger partial charge on any atom is -0.455 e. The lowest BCUT2D eigenvalue weighted by Gasteiger charge is -2.13. The molecule has 0 spiro atoms. The van der Waals surface area contributed by atoms with Gasteiger partial charge in [-0.05, 0) is 24.3 Å².